The second-order valence-electron chi connectivity index (χ2n) is 5.20. The summed E-state index contributed by atoms with van der Waals surface area (Å²) in [6.07, 6.45) is 1.66. The van der Waals surface area contributed by atoms with Crippen LogP contribution in [-0.2, 0) is 0 Å². The molecule has 0 aliphatic carbocycles. The summed E-state index contributed by atoms with van der Waals surface area (Å²) < 4.78 is 0. The normalized spacial score (nSPS) is 10.4. The zero-order valence-corrected chi connectivity index (χ0v) is 13.7. The van der Waals surface area contributed by atoms with Crippen molar-refractivity contribution in [3.63, 3.8) is 0 Å². The maximum absolute atomic E-state index is 11.9. The number of carbonyl (C=O) groups excluding carboxylic acids is 1. The van der Waals surface area contributed by atoms with Crippen molar-refractivity contribution in [2.75, 3.05) is 23.7 Å². The van der Waals surface area contributed by atoms with Gasteiger partial charge in [0.2, 0.25) is 0 Å². The number of anilines is 2. The van der Waals surface area contributed by atoms with E-state index in [1.807, 2.05) is 42.5 Å². The molecule has 3 aromatic rings. The van der Waals surface area contributed by atoms with Crippen LogP contribution in [0.2, 0.25) is 5.02 Å². The van der Waals surface area contributed by atoms with Gasteiger partial charge in [0.15, 0.2) is 0 Å². The summed E-state index contributed by atoms with van der Waals surface area (Å²) >= 11 is 6.00. The van der Waals surface area contributed by atoms with Gasteiger partial charge in [-0.2, -0.15) is 0 Å². The average molecular weight is 341 g/mol. The van der Waals surface area contributed by atoms with Crippen molar-refractivity contribution in [1.82, 2.24) is 10.3 Å². The van der Waals surface area contributed by atoms with Crippen molar-refractivity contribution in [2.24, 2.45) is 0 Å². The van der Waals surface area contributed by atoms with E-state index >= 15 is 0 Å². The van der Waals surface area contributed by atoms with Crippen LogP contribution in [0.5, 0.6) is 0 Å². The number of halogens is 1. The second-order valence-corrected chi connectivity index (χ2v) is 5.61. The second kappa shape index (κ2) is 7.66. The number of carbonyl (C=O) groups is 1. The molecule has 0 unspecified atom stereocenters. The zero-order valence-electron chi connectivity index (χ0n) is 12.9. The molecule has 0 spiro atoms. The molecule has 2 aromatic carbocycles. The number of fused-ring (bicyclic) bond motifs is 1. The van der Waals surface area contributed by atoms with E-state index in [4.69, 9.17) is 11.6 Å². The SMILES string of the molecule is O=C(NCCNc1ncccc1Cl)Nc1ccc2ccccc2c1. The molecular weight excluding hydrogens is 324 g/mol. The Bertz CT molecular complexity index is 853. The first-order chi connectivity index (χ1) is 11.7. The number of nitrogens with zero attached hydrogens (tertiary/aromatic N) is 1. The molecule has 6 heteroatoms. The Morgan fingerprint density at radius 3 is 2.67 bits per heavy atom. The highest BCUT2D eigenvalue weighted by Crippen LogP contribution is 2.19. The molecule has 3 rings (SSSR count). The first-order valence-electron chi connectivity index (χ1n) is 7.60. The van der Waals surface area contributed by atoms with Crippen molar-refractivity contribution in [2.45, 2.75) is 0 Å². The van der Waals surface area contributed by atoms with Gasteiger partial charge in [0.25, 0.3) is 0 Å². The molecule has 0 aliphatic heterocycles. The van der Waals surface area contributed by atoms with E-state index in [2.05, 4.69) is 20.9 Å². The minimum Gasteiger partial charge on any atom is -0.367 e. The lowest BCUT2D eigenvalue weighted by Gasteiger charge is -2.10. The van der Waals surface area contributed by atoms with E-state index < -0.39 is 0 Å². The van der Waals surface area contributed by atoms with Crippen LogP contribution in [0.1, 0.15) is 0 Å². The maximum atomic E-state index is 11.9. The Hall–Kier alpha value is -2.79. The monoisotopic (exact) mass is 340 g/mol. The van der Waals surface area contributed by atoms with E-state index in [1.54, 1.807) is 18.3 Å². The van der Waals surface area contributed by atoms with Crippen LogP contribution in [0.3, 0.4) is 0 Å². The summed E-state index contributed by atoms with van der Waals surface area (Å²) in [5.74, 6) is 0.607. The average Bonchev–Trinajstić information content (AvgIpc) is 2.60. The minimum absolute atomic E-state index is 0.251. The lowest BCUT2D eigenvalue weighted by Crippen LogP contribution is -2.32. The van der Waals surface area contributed by atoms with Gasteiger partial charge < -0.3 is 16.0 Å². The third-order valence-electron chi connectivity index (χ3n) is 3.47. The fourth-order valence-corrected chi connectivity index (χ4v) is 2.50. The van der Waals surface area contributed by atoms with Gasteiger partial charge in [-0.3, -0.25) is 0 Å². The lowest BCUT2D eigenvalue weighted by molar-refractivity contribution is 0.252. The van der Waals surface area contributed by atoms with E-state index in [0.29, 0.717) is 23.9 Å². The Labute approximate surface area is 145 Å². The number of nitrogens with one attached hydrogen (secondary N) is 3. The summed E-state index contributed by atoms with van der Waals surface area (Å²) in [7, 11) is 0. The summed E-state index contributed by atoms with van der Waals surface area (Å²) in [5, 5.41) is 11.5. The molecule has 1 heterocycles. The Kier molecular flexibility index (Phi) is 5.13. The molecule has 24 heavy (non-hydrogen) atoms. The zero-order chi connectivity index (χ0) is 16.8. The molecule has 0 saturated heterocycles. The van der Waals surface area contributed by atoms with E-state index in [9.17, 15) is 4.79 Å². The smallest absolute Gasteiger partial charge is 0.319 e. The van der Waals surface area contributed by atoms with Crippen LogP contribution in [0.25, 0.3) is 10.8 Å². The van der Waals surface area contributed by atoms with Gasteiger partial charge in [-0.25, -0.2) is 9.78 Å². The fraction of sp³-hybridized carbons (Fsp3) is 0.111. The van der Waals surface area contributed by atoms with Gasteiger partial charge in [-0.1, -0.05) is 41.9 Å². The number of hydrogen-bond acceptors (Lipinski definition) is 3. The first-order valence-corrected chi connectivity index (χ1v) is 7.98. The van der Waals surface area contributed by atoms with E-state index in [-0.39, 0.29) is 6.03 Å². The summed E-state index contributed by atoms with van der Waals surface area (Å²) in [5.41, 5.74) is 0.756. The van der Waals surface area contributed by atoms with Crippen LogP contribution < -0.4 is 16.0 Å². The molecule has 0 radical (unpaired) electrons. The minimum atomic E-state index is -0.251. The van der Waals surface area contributed by atoms with Crippen molar-refractivity contribution in [3.8, 4) is 0 Å². The Morgan fingerprint density at radius 1 is 1.00 bits per heavy atom. The summed E-state index contributed by atoms with van der Waals surface area (Å²) in [4.78, 5) is 16.1. The van der Waals surface area contributed by atoms with Crippen LogP contribution in [-0.4, -0.2) is 24.1 Å². The molecule has 0 aliphatic rings. The van der Waals surface area contributed by atoms with Gasteiger partial charge in [-0.05, 0) is 35.0 Å². The highest BCUT2D eigenvalue weighted by atomic mass is 35.5. The molecule has 0 atom stereocenters. The van der Waals surface area contributed by atoms with Crippen LogP contribution in [0.4, 0.5) is 16.3 Å². The molecule has 1 aromatic heterocycles. The largest absolute Gasteiger partial charge is 0.367 e. The highest BCUT2D eigenvalue weighted by molar-refractivity contribution is 6.32. The lowest BCUT2D eigenvalue weighted by atomic mass is 10.1. The number of urea groups is 1. The van der Waals surface area contributed by atoms with Gasteiger partial charge in [0.05, 0.1) is 5.02 Å². The number of amides is 2. The van der Waals surface area contributed by atoms with Crippen molar-refractivity contribution in [3.05, 3.63) is 65.8 Å². The molecule has 2 amide bonds. The predicted molar refractivity (Wildman–Crippen MR) is 98.7 cm³/mol. The summed E-state index contributed by atoms with van der Waals surface area (Å²) in [6, 6.07) is 17.1. The quantitative estimate of drug-likeness (QED) is 0.612. The number of aromatic nitrogens is 1. The first kappa shape index (κ1) is 16.1. The van der Waals surface area contributed by atoms with Gasteiger partial charge >= 0.3 is 6.03 Å². The van der Waals surface area contributed by atoms with Gasteiger partial charge in [0, 0.05) is 25.0 Å². The van der Waals surface area contributed by atoms with E-state index in [0.717, 1.165) is 16.5 Å². The van der Waals surface area contributed by atoms with Crippen molar-refractivity contribution < 1.29 is 4.79 Å². The third kappa shape index (κ3) is 4.14. The summed E-state index contributed by atoms with van der Waals surface area (Å²) in [6.45, 7) is 0.980. The maximum Gasteiger partial charge on any atom is 0.319 e. The fourth-order valence-electron chi connectivity index (χ4n) is 2.32. The molecule has 5 nitrogen and oxygen atoms in total. The van der Waals surface area contributed by atoms with Crippen molar-refractivity contribution >= 4 is 39.9 Å². The molecular formula is C18H17ClN4O. The topological polar surface area (TPSA) is 66.0 Å². The van der Waals surface area contributed by atoms with Crippen molar-refractivity contribution in [1.29, 1.82) is 0 Å². The predicted octanol–water partition coefficient (Wildman–Crippen LogP) is 4.12. The van der Waals surface area contributed by atoms with Crippen LogP contribution in [0, 0.1) is 0 Å². The molecule has 0 bridgehead atoms. The number of pyridine rings is 1. The Morgan fingerprint density at radius 2 is 1.83 bits per heavy atom. The van der Waals surface area contributed by atoms with Gasteiger partial charge in [-0.15, -0.1) is 0 Å². The third-order valence-corrected chi connectivity index (χ3v) is 3.77. The van der Waals surface area contributed by atoms with Gasteiger partial charge in [0.1, 0.15) is 5.82 Å². The number of rotatable bonds is 5. The van der Waals surface area contributed by atoms with Crippen LogP contribution in [0.15, 0.2) is 60.8 Å². The molecule has 0 fully saturated rings. The van der Waals surface area contributed by atoms with E-state index in [1.165, 1.54) is 0 Å². The highest BCUT2D eigenvalue weighted by Gasteiger charge is 2.03. The van der Waals surface area contributed by atoms with Crippen LogP contribution >= 0.6 is 11.6 Å². The standard InChI is InChI=1S/C18H17ClN4O/c19-16-6-3-9-20-17(16)21-10-11-22-18(24)23-15-8-7-13-4-1-2-5-14(13)12-15/h1-9,12H,10-11H2,(H,20,21)(H2,22,23,24). The Balaban J connectivity index is 1.47. The molecule has 122 valence electrons. The number of hydrogen-bond donors (Lipinski definition) is 3. The molecule has 0 saturated carbocycles. The molecule has 3 N–H and O–H groups in total. The number of benzene rings is 2.